The fourth-order valence-electron chi connectivity index (χ4n) is 3.84. The lowest BCUT2D eigenvalue weighted by molar-refractivity contribution is -0.167. The molecule has 8 heteroatoms. The number of aryl methyl sites for hydroxylation is 3. The zero-order valence-corrected chi connectivity index (χ0v) is 17.7. The number of carbonyl (C=O) groups is 1. The quantitative estimate of drug-likeness (QED) is 0.431. The Bertz CT molecular complexity index is 1070. The summed E-state index contributed by atoms with van der Waals surface area (Å²) < 4.78 is 37.6. The molecule has 0 saturated heterocycles. The van der Waals surface area contributed by atoms with Gasteiger partial charge in [0.2, 0.25) is 0 Å². The highest BCUT2D eigenvalue weighted by Crippen LogP contribution is 2.32. The Morgan fingerprint density at radius 3 is 2.45 bits per heavy atom. The van der Waals surface area contributed by atoms with Gasteiger partial charge in [0, 0.05) is 16.8 Å². The number of carbonyl (C=O) groups excluding carboxylic acids is 1. The lowest BCUT2D eigenvalue weighted by atomic mass is 9.92. The van der Waals surface area contributed by atoms with Crippen LogP contribution in [0.5, 0.6) is 0 Å². The van der Waals surface area contributed by atoms with Crippen molar-refractivity contribution < 1.29 is 23.1 Å². The summed E-state index contributed by atoms with van der Waals surface area (Å²) in [7, 11) is 0. The highest BCUT2D eigenvalue weighted by atomic mass is 19.4. The van der Waals surface area contributed by atoms with Gasteiger partial charge in [0.1, 0.15) is 6.10 Å². The van der Waals surface area contributed by atoms with Crippen molar-refractivity contribution in [3.8, 4) is 0 Å². The summed E-state index contributed by atoms with van der Waals surface area (Å²) in [5.74, 6) is -2.03. The molecule has 1 aromatic heterocycles. The van der Waals surface area contributed by atoms with Gasteiger partial charge in [-0.05, 0) is 73.2 Å². The molecule has 0 spiro atoms. The van der Waals surface area contributed by atoms with Crippen LogP contribution in [-0.2, 0) is 11.2 Å². The minimum Gasteiger partial charge on any atom is -0.384 e. The molecular weight excluding hydrogens is 407 g/mol. The molecule has 1 atom stereocenters. The van der Waals surface area contributed by atoms with Crippen LogP contribution >= 0.6 is 0 Å². The first-order valence-corrected chi connectivity index (χ1v) is 10.3. The average molecular weight is 433 g/mol. The summed E-state index contributed by atoms with van der Waals surface area (Å²) in [6, 6.07) is 8.41. The summed E-state index contributed by atoms with van der Waals surface area (Å²) in [5, 5.41) is 21.3. The van der Waals surface area contributed by atoms with Crippen molar-refractivity contribution in [2.75, 3.05) is 5.32 Å². The van der Waals surface area contributed by atoms with Crippen LogP contribution < -0.4 is 5.32 Å². The predicted molar refractivity (Wildman–Crippen MR) is 114 cm³/mol. The van der Waals surface area contributed by atoms with Crippen LogP contribution in [0, 0.1) is 13.8 Å². The number of aliphatic hydroxyl groups excluding tert-OH is 1. The van der Waals surface area contributed by atoms with E-state index in [1.807, 2.05) is 17.4 Å². The topological polar surface area (TPSA) is 78.0 Å². The van der Waals surface area contributed by atoms with Crippen molar-refractivity contribution in [1.29, 1.82) is 0 Å². The van der Waals surface area contributed by atoms with E-state index in [1.54, 1.807) is 19.9 Å². The van der Waals surface area contributed by atoms with Gasteiger partial charge in [-0.2, -0.15) is 18.3 Å². The Morgan fingerprint density at radius 2 is 1.84 bits per heavy atom. The van der Waals surface area contributed by atoms with Gasteiger partial charge in [-0.3, -0.25) is 9.89 Å². The molecule has 0 aliphatic heterocycles. The minimum atomic E-state index is -4.96. The fraction of sp³-hybridized carbons (Fsp3) is 0.391. The number of H-pyrrole nitrogens is 1. The number of alkyl halides is 3. The third-order valence-electron chi connectivity index (χ3n) is 5.39. The second-order valence-electron chi connectivity index (χ2n) is 7.81. The van der Waals surface area contributed by atoms with E-state index in [2.05, 4.69) is 17.1 Å². The normalized spacial score (nSPS) is 12.9. The number of unbranched alkanes of at least 4 members (excludes halogenated alkanes) is 2. The Morgan fingerprint density at radius 1 is 1.16 bits per heavy atom. The number of halogens is 3. The third-order valence-corrected chi connectivity index (χ3v) is 5.39. The van der Waals surface area contributed by atoms with Crippen molar-refractivity contribution in [1.82, 2.24) is 10.2 Å². The molecule has 3 rings (SSSR count). The van der Waals surface area contributed by atoms with Gasteiger partial charge in [0.25, 0.3) is 0 Å². The van der Waals surface area contributed by atoms with Crippen molar-refractivity contribution in [2.24, 2.45) is 0 Å². The molecule has 166 valence electrons. The standard InChI is InChI=1S/C23H26F3N3O2/c1-4-5-6-7-18-17-12-15(8-9-19(17)29-28-18)21(30)20-13(2)10-16(11-14(20)3)27-22(31)23(24,25)26/h8-12,21,30H,4-7H2,1-3H3,(H,27,31)(H,28,29). The summed E-state index contributed by atoms with van der Waals surface area (Å²) in [4.78, 5) is 11.2. The monoisotopic (exact) mass is 433 g/mol. The number of fused-ring (bicyclic) bond motifs is 1. The van der Waals surface area contributed by atoms with Crippen LogP contribution in [0.1, 0.15) is 60.2 Å². The van der Waals surface area contributed by atoms with Crippen LogP contribution in [0.4, 0.5) is 18.9 Å². The van der Waals surface area contributed by atoms with Crippen molar-refractivity contribution in [3.05, 3.63) is 58.3 Å². The van der Waals surface area contributed by atoms with Crippen LogP contribution in [0.2, 0.25) is 0 Å². The van der Waals surface area contributed by atoms with Gasteiger partial charge in [-0.1, -0.05) is 25.8 Å². The van der Waals surface area contributed by atoms with Gasteiger partial charge in [0.15, 0.2) is 0 Å². The van der Waals surface area contributed by atoms with E-state index in [0.717, 1.165) is 42.3 Å². The molecule has 0 radical (unpaired) electrons. The molecule has 0 aliphatic rings. The molecule has 0 fully saturated rings. The predicted octanol–water partition coefficient (Wildman–Crippen LogP) is 5.49. The molecule has 0 saturated carbocycles. The molecule has 3 N–H and O–H groups in total. The Balaban J connectivity index is 1.90. The second kappa shape index (κ2) is 9.09. The molecule has 5 nitrogen and oxygen atoms in total. The zero-order valence-electron chi connectivity index (χ0n) is 17.7. The largest absolute Gasteiger partial charge is 0.471 e. The zero-order chi connectivity index (χ0) is 22.8. The number of aliphatic hydroxyl groups is 1. The maximum absolute atomic E-state index is 12.5. The Kier molecular flexibility index (Phi) is 6.69. The lowest BCUT2D eigenvalue weighted by Crippen LogP contribution is -2.30. The number of amides is 1. The number of aromatic nitrogens is 2. The minimum absolute atomic E-state index is 0.0387. The summed E-state index contributed by atoms with van der Waals surface area (Å²) in [6.07, 6.45) is -1.77. The smallest absolute Gasteiger partial charge is 0.384 e. The molecular formula is C23H26F3N3O2. The van der Waals surface area contributed by atoms with Crippen molar-refractivity contribution >= 4 is 22.5 Å². The van der Waals surface area contributed by atoms with Crippen LogP contribution in [-0.4, -0.2) is 27.4 Å². The Hall–Kier alpha value is -2.87. The molecule has 1 heterocycles. The maximum Gasteiger partial charge on any atom is 0.471 e. The van der Waals surface area contributed by atoms with Gasteiger partial charge in [-0.25, -0.2) is 0 Å². The fourth-order valence-corrected chi connectivity index (χ4v) is 3.84. The van der Waals surface area contributed by atoms with Gasteiger partial charge >= 0.3 is 12.1 Å². The Labute approximate surface area is 178 Å². The van der Waals surface area contributed by atoms with E-state index >= 15 is 0 Å². The molecule has 1 amide bonds. The van der Waals surface area contributed by atoms with E-state index in [-0.39, 0.29) is 5.69 Å². The molecule has 3 aromatic rings. The first-order chi connectivity index (χ1) is 14.6. The lowest BCUT2D eigenvalue weighted by Gasteiger charge is -2.19. The van der Waals surface area contributed by atoms with E-state index < -0.39 is 18.2 Å². The second-order valence-corrected chi connectivity index (χ2v) is 7.81. The number of benzene rings is 2. The molecule has 0 bridgehead atoms. The van der Waals surface area contributed by atoms with Crippen molar-refractivity contribution in [2.45, 2.75) is 58.7 Å². The van der Waals surface area contributed by atoms with Crippen molar-refractivity contribution in [3.63, 3.8) is 0 Å². The number of anilines is 1. The van der Waals surface area contributed by atoms with Gasteiger partial charge in [0.05, 0.1) is 5.52 Å². The first kappa shape index (κ1) is 22.8. The first-order valence-electron chi connectivity index (χ1n) is 10.3. The highest BCUT2D eigenvalue weighted by Gasteiger charge is 2.38. The van der Waals surface area contributed by atoms with Gasteiger partial charge in [-0.15, -0.1) is 0 Å². The van der Waals surface area contributed by atoms with Crippen LogP contribution in [0.25, 0.3) is 10.9 Å². The van der Waals surface area contributed by atoms with E-state index in [1.165, 1.54) is 12.1 Å². The molecule has 31 heavy (non-hydrogen) atoms. The van der Waals surface area contributed by atoms with E-state index in [0.29, 0.717) is 22.3 Å². The SMILES string of the molecule is CCCCCc1[nH]nc2ccc(C(O)c3c(C)cc(NC(=O)C(F)(F)F)cc3C)cc12. The highest BCUT2D eigenvalue weighted by molar-refractivity contribution is 5.95. The summed E-state index contributed by atoms with van der Waals surface area (Å²) in [6.45, 7) is 5.53. The number of hydrogen-bond donors (Lipinski definition) is 3. The maximum atomic E-state index is 12.5. The third kappa shape index (κ3) is 5.07. The average Bonchev–Trinajstić information content (AvgIpc) is 3.09. The number of nitrogens with zero attached hydrogens (tertiary/aromatic N) is 1. The number of rotatable bonds is 7. The summed E-state index contributed by atoms with van der Waals surface area (Å²) in [5.41, 5.74) is 4.32. The summed E-state index contributed by atoms with van der Waals surface area (Å²) >= 11 is 0. The molecule has 0 aliphatic carbocycles. The molecule has 1 unspecified atom stereocenters. The van der Waals surface area contributed by atoms with Crippen LogP contribution in [0.3, 0.4) is 0 Å². The van der Waals surface area contributed by atoms with E-state index in [9.17, 15) is 23.1 Å². The van der Waals surface area contributed by atoms with Gasteiger partial charge < -0.3 is 10.4 Å². The number of nitrogens with one attached hydrogen (secondary N) is 2. The van der Waals surface area contributed by atoms with Crippen LogP contribution in [0.15, 0.2) is 30.3 Å². The number of hydrogen-bond acceptors (Lipinski definition) is 3. The molecule has 2 aromatic carbocycles. The number of aromatic amines is 1. The van der Waals surface area contributed by atoms with E-state index in [4.69, 9.17) is 0 Å².